The molecule has 0 saturated carbocycles. The average molecular weight is 301 g/mol. The molecule has 0 aromatic carbocycles. The van der Waals surface area contributed by atoms with Crippen molar-refractivity contribution in [2.75, 3.05) is 6.54 Å². The lowest BCUT2D eigenvalue weighted by Gasteiger charge is -2.10. The standard InChI is InChI=1S/C11H13BrN2O3/c1-2-7(11(16)17)5-14-10(15)8-3-4-9(12)13-6-8/h3-4,6-7H,2,5H2,1H3,(H,14,15)(H,16,17). The molecule has 0 bridgehead atoms. The van der Waals surface area contributed by atoms with Gasteiger partial charge in [-0.15, -0.1) is 0 Å². The fraction of sp³-hybridized carbons (Fsp3) is 0.364. The number of carboxylic acid groups (broad SMARTS) is 1. The maximum atomic E-state index is 11.6. The van der Waals surface area contributed by atoms with Gasteiger partial charge in [0.15, 0.2) is 0 Å². The van der Waals surface area contributed by atoms with Crippen molar-refractivity contribution >= 4 is 27.8 Å². The minimum atomic E-state index is -0.901. The number of nitrogens with one attached hydrogen (secondary N) is 1. The van der Waals surface area contributed by atoms with E-state index in [1.54, 1.807) is 19.1 Å². The summed E-state index contributed by atoms with van der Waals surface area (Å²) in [5.41, 5.74) is 0.411. The zero-order valence-corrected chi connectivity index (χ0v) is 10.9. The van der Waals surface area contributed by atoms with Crippen LogP contribution in [0.4, 0.5) is 0 Å². The molecular formula is C11H13BrN2O3. The van der Waals surface area contributed by atoms with Crippen molar-refractivity contribution in [3.05, 3.63) is 28.5 Å². The summed E-state index contributed by atoms with van der Waals surface area (Å²) in [6.07, 6.45) is 1.91. The number of carbonyl (C=O) groups excluding carboxylic acids is 1. The van der Waals surface area contributed by atoms with Gasteiger partial charge >= 0.3 is 5.97 Å². The average Bonchev–Trinajstić information content (AvgIpc) is 2.30. The predicted molar refractivity (Wildman–Crippen MR) is 65.7 cm³/mol. The number of carboxylic acids is 1. The molecule has 0 aliphatic carbocycles. The van der Waals surface area contributed by atoms with Gasteiger partial charge in [0.25, 0.3) is 5.91 Å². The van der Waals surface area contributed by atoms with Crippen LogP contribution in [0.2, 0.25) is 0 Å². The van der Waals surface area contributed by atoms with Crippen LogP contribution in [-0.4, -0.2) is 28.5 Å². The summed E-state index contributed by atoms with van der Waals surface area (Å²) in [5.74, 6) is -1.77. The Balaban J connectivity index is 2.55. The van der Waals surface area contributed by atoms with Gasteiger partial charge in [-0.3, -0.25) is 9.59 Å². The van der Waals surface area contributed by atoms with Crippen LogP contribution in [0, 0.1) is 5.92 Å². The zero-order valence-electron chi connectivity index (χ0n) is 9.31. The lowest BCUT2D eigenvalue weighted by atomic mass is 10.1. The Bertz CT molecular complexity index is 406. The van der Waals surface area contributed by atoms with E-state index in [0.29, 0.717) is 16.6 Å². The predicted octanol–water partition coefficient (Wildman–Crippen LogP) is 1.68. The third-order valence-electron chi connectivity index (χ3n) is 2.34. The second-order valence-electron chi connectivity index (χ2n) is 3.52. The molecule has 6 heteroatoms. The first kappa shape index (κ1) is 13.6. The first-order chi connectivity index (χ1) is 8.04. The van der Waals surface area contributed by atoms with Gasteiger partial charge in [0.1, 0.15) is 4.60 Å². The van der Waals surface area contributed by atoms with E-state index in [0.717, 1.165) is 0 Å². The molecule has 1 unspecified atom stereocenters. The Kier molecular flexibility index (Phi) is 5.09. The molecule has 1 heterocycles. The normalized spacial score (nSPS) is 11.9. The number of carbonyl (C=O) groups is 2. The van der Waals surface area contributed by atoms with Crippen molar-refractivity contribution in [1.29, 1.82) is 0 Å². The largest absolute Gasteiger partial charge is 0.481 e. The highest BCUT2D eigenvalue weighted by molar-refractivity contribution is 9.10. The maximum Gasteiger partial charge on any atom is 0.308 e. The van der Waals surface area contributed by atoms with Crippen molar-refractivity contribution in [1.82, 2.24) is 10.3 Å². The van der Waals surface area contributed by atoms with E-state index in [4.69, 9.17) is 5.11 Å². The first-order valence-corrected chi connectivity index (χ1v) is 5.96. The quantitative estimate of drug-likeness (QED) is 0.811. The second kappa shape index (κ2) is 6.34. The third-order valence-corrected chi connectivity index (χ3v) is 2.81. The monoisotopic (exact) mass is 300 g/mol. The van der Waals surface area contributed by atoms with Gasteiger partial charge in [0.2, 0.25) is 0 Å². The fourth-order valence-corrected chi connectivity index (χ4v) is 1.47. The molecule has 92 valence electrons. The van der Waals surface area contributed by atoms with Crippen LogP contribution in [0.15, 0.2) is 22.9 Å². The number of rotatable bonds is 5. The van der Waals surface area contributed by atoms with Crippen LogP contribution in [-0.2, 0) is 4.79 Å². The van der Waals surface area contributed by atoms with Gasteiger partial charge in [-0.1, -0.05) is 6.92 Å². The van der Waals surface area contributed by atoms with Crippen LogP contribution >= 0.6 is 15.9 Å². The number of nitrogens with zero attached hydrogens (tertiary/aromatic N) is 1. The summed E-state index contributed by atoms with van der Waals surface area (Å²) in [4.78, 5) is 26.3. The summed E-state index contributed by atoms with van der Waals surface area (Å²) < 4.78 is 0.644. The Morgan fingerprint density at radius 3 is 2.71 bits per heavy atom. The Morgan fingerprint density at radius 2 is 2.24 bits per heavy atom. The molecular weight excluding hydrogens is 288 g/mol. The van der Waals surface area contributed by atoms with E-state index in [1.165, 1.54) is 6.20 Å². The molecule has 0 radical (unpaired) electrons. The van der Waals surface area contributed by atoms with E-state index in [2.05, 4.69) is 26.2 Å². The molecule has 0 fully saturated rings. The Labute approximate surface area is 107 Å². The molecule has 1 aromatic heterocycles. The van der Waals surface area contributed by atoms with Crippen molar-refractivity contribution < 1.29 is 14.7 Å². The molecule has 1 rings (SSSR count). The summed E-state index contributed by atoms with van der Waals surface area (Å²) in [6, 6.07) is 3.28. The van der Waals surface area contributed by atoms with Gasteiger partial charge in [-0.25, -0.2) is 4.98 Å². The summed E-state index contributed by atoms with van der Waals surface area (Å²) in [6.45, 7) is 1.90. The number of halogens is 1. The van der Waals surface area contributed by atoms with Crippen molar-refractivity contribution in [3.63, 3.8) is 0 Å². The van der Waals surface area contributed by atoms with Crippen LogP contribution in [0.3, 0.4) is 0 Å². The molecule has 0 aliphatic heterocycles. The minimum Gasteiger partial charge on any atom is -0.481 e. The van der Waals surface area contributed by atoms with Gasteiger partial charge < -0.3 is 10.4 Å². The lowest BCUT2D eigenvalue weighted by Crippen LogP contribution is -2.32. The number of aromatic nitrogens is 1. The highest BCUT2D eigenvalue weighted by Crippen LogP contribution is 2.07. The molecule has 1 amide bonds. The smallest absolute Gasteiger partial charge is 0.308 e. The van der Waals surface area contributed by atoms with Crippen LogP contribution in [0.1, 0.15) is 23.7 Å². The Hall–Kier alpha value is -1.43. The molecule has 0 spiro atoms. The fourth-order valence-electron chi connectivity index (χ4n) is 1.23. The number of hydrogen-bond donors (Lipinski definition) is 2. The zero-order chi connectivity index (χ0) is 12.8. The molecule has 0 saturated heterocycles. The third kappa shape index (κ3) is 4.14. The van der Waals surface area contributed by atoms with E-state index in [-0.39, 0.29) is 12.5 Å². The van der Waals surface area contributed by atoms with Gasteiger partial charge in [-0.05, 0) is 34.5 Å². The molecule has 0 aliphatic rings. The Morgan fingerprint density at radius 1 is 1.53 bits per heavy atom. The van der Waals surface area contributed by atoms with E-state index in [1.807, 2.05) is 0 Å². The van der Waals surface area contributed by atoms with Crippen molar-refractivity contribution in [3.8, 4) is 0 Å². The summed E-state index contributed by atoms with van der Waals surface area (Å²) in [7, 11) is 0. The number of hydrogen-bond acceptors (Lipinski definition) is 3. The van der Waals surface area contributed by atoms with Gasteiger partial charge in [0, 0.05) is 12.7 Å². The highest BCUT2D eigenvalue weighted by Gasteiger charge is 2.16. The minimum absolute atomic E-state index is 0.126. The highest BCUT2D eigenvalue weighted by atomic mass is 79.9. The summed E-state index contributed by atoms with van der Waals surface area (Å²) in [5, 5.41) is 11.4. The number of aliphatic carboxylic acids is 1. The molecule has 2 N–H and O–H groups in total. The first-order valence-electron chi connectivity index (χ1n) is 5.17. The van der Waals surface area contributed by atoms with Crippen molar-refractivity contribution in [2.45, 2.75) is 13.3 Å². The van der Waals surface area contributed by atoms with Crippen LogP contribution in [0.25, 0.3) is 0 Å². The maximum absolute atomic E-state index is 11.6. The van der Waals surface area contributed by atoms with E-state index >= 15 is 0 Å². The van der Waals surface area contributed by atoms with Crippen LogP contribution < -0.4 is 5.32 Å². The molecule has 5 nitrogen and oxygen atoms in total. The molecule has 17 heavy (non-hydrogen) atoms. The van der Waals surface area contributed by atoms with Gasteiger partial charge in [-0.2, -0.15) is 0 Å². The summed E-state index contributed by atoms with van der Waals surface area (Å²) >= 11 is 3.17. The number of pyridine rings is 1. The SMILES string of the molecule is CCC(CNC(=O)c1ccc(Br)nc1)C(=O)O. The van der Waals surface area contributed by atoms with Gasteiger partial charge in [0.05, 0.1) is 11.5 Å². The van der Waals surface area contributed by atoms with E-state index in [9.17, 15) is 9.59 Å². The van der Waals surface area contributed by atoms with E-state index < -0.39 is 11.9 Å². The molecule has 1 atom stereocenters. The lowest BCUT2D eigenvalue weighted by molar-refractivity contribution is -0.141. The van der Waals surface area contributed by atoms with Crippen molar-refractivity contribution in [2.24, 2.45) is 5.92 Å². The molecule has 1 aromatic rings. The van der Waals surface area contributed by atoms with Crippen LogP contribution in [0.5, 0.6) is 0 Å². The second-order valence-corrected chi connectivity index (χ2v) is 4.34. The number of amides is 1. The topological polar surface area (TPSA) is 79.3 Å².